The van der Waals surface area contributed by atoms with E-state index in [1.807, 2.05) is 6.07 Å². The summed E-state index contributed by atoms with van der Waals surface area (Å²) < 4.78 is 44.0. The summed E-state index contributed by atoms with van der Waals surface area (Å²) in [7, 11) is 0. The van der Waals surface area contributed by atoms with E-state index in [0.717, 1.165) is 37.4 Å². The fourth-order valence-corrected chi connectivity index (χ4v) is 3.23. The lowest BCUT2D eigenvalue weighted by Crippen LogP contribution is -2.37. The molecule has 154 valence electrons. The number of aromatic nitrogens is 4. The Morgan fingerprint density at radius 2 is 1.93 bits per heavy atom. The van der Waals surface area contributed by atoms with Crippen molar-refractivity contribution in [3.8, 4) is 0 Å². The Labute approximate surface area is 165 Å². The Bertz CT molecular complexity index is 997. The van der Waals surface area contributed by atoms with E-state index in [-0.39, 0.29) is 5.52 Å². The summed E-state index contributed by atoms with van der Waals surface area (Å²) in [4.78, 5) is 17.2. The molecular formula is C19H21F3N6O. The fraction of sp³-hybridized carbons (Fsp3) is 0.421. The number of fused-ring (bicyclic) bond motifs is 1. The van der Waals surface area contributed by atoms with Crippen LogP contribution in [0.25, 0.3) is 11.0 Å². The maximum Gasteiger partial charge on any atom is 0.449 e. The Hall–Kier alpha value is -2.88. The van der Waals surface area contributed by atoms with Crippen LogP contribution in [0.2, 0.25) is 0 Å². The first-order chi connectivity index (χ1) is 13.9. The number of aromatic amines is 1. The third-order valence-electron chi connectivity index (χ3n) is 4.61. The molecule has 2 aromatic heterocycles. The second kappa shape index (κ2) is 7.86. The maximum absolute atomic E-state index is 12.9. The molecule has 0 aliphatic carbocycles. The summed E-state index contributed by atoms with van der Waals surface area (Å²) in [6.45, 7) is 4.88. The van der Waals surface area contributed by atoms with Crippen molar-refractivity contribution in [2.45, 2.75) is 25.9 Å². The van der Waals surface area contributed by atoms with Crippen LogP contribution in [0.5, 0.6) is 0 Å². The number of alkyl halides is 3. The van der Waals surface area contributed by atoms with Gasteiger partial charge in [0.25, 0.3) is 0 Å². The van der Waals surface area contributed by atoms with E-state index in [9.17, 15) is 13.2 Å². The van der Waals surface area contributed by atoms with E-state index < -0.39 is 12.0 Å². The third kappa shape index (κ3) is 4.42. The molecule has 0 amide bonds. The highest BCUT2D eigenvalue weighted by molar-refractivity contribution is 5.80. The predicted molar refractivity (Wildman–Crippen MR) is 103 cm³/mol. The van der Waals surface area contributed by atoms with E-state index in [1.165, 1.54) is 6.07 Å². The van der Waals surface area contributed by atoms with Crippen LogP contribution >= 0.6 is 0 Å². The van der Waals surface area contributed by atoms with Crippen molar-refractivity contribution < 1.29 is 17.9 Å². The van der Waals surface area contributed by atoms with E-state index in [0.29, 0.717) is 30.4 Å². The summed E-state index contributed by atoms with van der Waals surface area (Å²) >= 11 is 0. The smallest absolute Gasteiger partial charge is 0.378 e. The van der Waals surface area contributed by atoms with Gasteiger partial charge < -0.3 is 19.9 Å². The molecule has 29 heavy (non-hydrogen) atoms. The Morgan fingerprint density at radius 3 is 2.66 bits per heavy atom. The molecule has 0 spiro atoms. The van der Waals surface area contributed by atoms with Crippen molar-refractivity contribution in [1.29, 1.82) is 0 Å². The van der Waals surface area contributed by atoms with Crippen molar-refractivity contribution >= 4 is 28.5 Å². The second-order valence-electron chi connectivity index (χ2n) is 6.83. The number of nitrogens with one attached hydrogen (secondary N) is 2. The van der Waals surface area contributed by atoms with Crippen LogP contribution in [0.4, 0.5) is 30.6 Å². The summed E-state index contributed by atoms with van der Waals surface area (Å²) in [6.07, 6.45) is -2.76. The number of nitrogens with zero attached hydrogens (tertiary/aromatic N) is 4. The van der Waals surface area contributed by atoms with E-state index in [1.54, 1.807) is 12.1 Å². The number of hydrogen-bond acceptors (Lipinski definition) is 6. The van der Waals surface area contributed by atoms with Crippen LogP contribution < -0.4 is 10.2 Å². The fourth-order valence-electron chi connectivity index (χ4n) is 3.23. The summed E-state index contributed by atoms with van der Waals surface area (Å²) in [5.41, 5.74) is 2.03. The van der Waals surface area contributed by atoms with Gasteiger partial charge in [-0.25, -0.2) is 9.97 Å². The van der Waals surface area contributed by atoms with Gasteiger partial charge in [-0.1, -0.05) is 13.3 Å². The van der Waals surface area contributed by atoms with Crippen LogP contribution in [0.1, 0.15) is 24.9 Å². The quantitative estimate of drug-likeness (QED) is 0.669. The number of imidazole rings is 1. The first-order valence-corrected chi connectivity index (χ1v) is 9.47. The number of hydrogen-bond donors (Lipinski definition) is 2. The SMILES string of the molecule is CCCc1cc(N2CCOCC2)nc(Nc2ccc3nc(C(F)(F)F)[nH]c3c2)n1. The molecule has 10 heteroatoms. The zero-order valence-electron chi connectivity index (χ0n) is 15.9. The normalized spacial score (nSPS) is 15.1. The standard InChI is InChI=1S/C19H21F3N6O/c1-2-3-12-11-16(28-6-8-29-9-7-28)27-18(23-12)24-13-4-5-14-15(10-13)26-17(25-14)19(20,21)22/h4-5,10-11H,2-3,6-9H2,1H3,(H,25,26)(H,23,24,27). The van der Waals surface area contributed by atoms with E-state index in [4.69, 9.17) is 4.74 Å². The van der Waals surface area contributed by atoms with Crippen LogP contribution in [0, 0.1) is 0 Å². The number of benzene rings is 1. The zero-order valence-corrected chi connectivity index (χ0v) is 15.9. The average molecular weight is 406 g/mol. The lowest BCUT2D eigenvalue weighted by Gasteiger charge is -2.28. The molecule has 0 saturated carbocycles. The molecule has 2 N–H and O–H groups in total. The van der Waals surface area contributed by atoms with Gasteiger partial charge in [0.2, 0.25) is 11.8 Å². The highest BCUT2D eigenvalue weighted by atomic mass is 19.4. The number of aryl methyl sites for hydroxylation is 1. The van der Waals surface area contributed by atoms with Gasteiger partial charge in [-0.2, -0.15) is 18.2 Å². The first-order valence-electron chi connectivity index (χ1n) is 9.47. The van der Waals surface area contributed by atoms with Crippen LogP contribution in [-0.4, -0.2) is 46.2 Å². The minimum absolute atomic E-state index is 0.248. The summed E-state index contributed by atoms with van der Waals surface area (Å²) in [5.74, 6) is 0.212. The molecule has 1 aromatic carbocycles. The van der Waals surface area contributed by atoms with Crippen molar-refractivity contribution in [3.63, 3.8) is 0 Å². The van der Waals surface area contributed by atoms with E-state index >= 15 is 0 Å². The lowest BCUT2D eigenvalue weighted by atomic mass is 10.2. The van der Waals surface area contributed by atoms with Crippen LogP contribution in [0.15, 0.2) is 24.3 Å². The molecule has 3 heterocycles. The molecule has 1 saturated heterocycles. The van der Waals surface area contributed by atoms with Crippen molar-refractivity contribution in [2.75, 3.05) is 36.5 Å². The van der Waals surface area contributed by atoms with Crippen LogP contribution in [0.3, 0.4) is 0 Å². The van der Waals surface area contributed by atoms with Gasteiger partial charge in [-0.05, 0) is 24.6 Å². The monoisotopic (exact) mass is 406 g/mol. The Kier molecular flexibility index (Phi) is 5.27. The van der Waals surface area contributed by atoms with Gasteiger partial charge >= 0.3 is 6.18 Å². The third-order valence-corrected chi connectivity index (χ3v) is 4.61. The zero-order chi connectivity index (χ0) is 20.4. The topological polar surface area (TPSA) is 79.0 Å². The van der Waals surface area contributed by atoms with Gasteiger partial charge in [0.05, 0.1) is 24.2 Å². The first kappa shape index (κ1) is 19.4. The molecular weight excluding hydrogens is 385 g/mol. The van der Waals surface area contributed by atoms with Gasteiger partial charge in [-0.15, -0.1) is 0 Å². The van der Waals surface area contributed by atoms with Crippen LogP contribution in [-0.2, 0) is 17.3 Å². The largest absolute Gasteiger partial charge is 0.449 e. The molecule has 1 fully saturated rings. The minimum atomic E-state index is -4.52. The summed E-state index contributed by atoms with van der Waals surface area (Å²) in [5, 5.41) is 3.11. The van der Waals surface area contributed by atoms with E-state index in [2.05, 4.69) is 37.1 Å². The van der Waals surface area contributed by atoms with Gasteiger partial charge in [0, 0.05) is 30.5 Å². The molecule has 0 bridgehead atoms. The lowest BCUT2D eigenvalue weighted by molar-refractivity contribution is -0.144. The summed E-state index contributed by atoms with van der Waals surface area (Å²) in [6, 6.07) is 6.74. The molecule has 1 aliphatic heterocycles. The highest BCUT2D eigenvalue weighted by Crippen LogP contribution is 2.30. The molecule has 7 nitrogen and oxygen atoms in total. The molecule has 3 aromatic rings. The minimum Gasteiger partial charge on any atom is -0.378 e. The van der Waals surface area contributed by atoms with Crippen molar-refractivity contribution in [2.24, 2.45) is 0 Å². The van der Waals surface area contributed by atoms with Crippen molar-refractivity contribution in [1.82, 2.24) is 19.9 Å². The molecule has 0 atom stereocenters. The van der Waals surface area contributed by atoms with Crippen molar-refractivity contribution in [3.05, 3.63) is 35.8 Å². The number of rotatable bonds is 5. The molecule has 0 radical (unpaired) electrons. The Morgan fingerprint density at radius 1 is 1.14 bits per heavy atom. The number of H-pyrrole nitrogens is 1. The number of ether oxygens (including phenoxy) is 1. The van der Waals surface area contributed by atoms with Gasteiger partial charge in [0.15, 0.2) is 0 Å². The predicted octanol–water partition coefficient (Wildman–Crippen LogP) is 3.90. The Balaban J connectivity index is 1.62. The highest BCUT2D eigenvalue weighted by Gasteiger charge is 2.34. The molecule has 1 aliphatic rings. The second-order valence-corrected chi connectivity index (χ2v) is 6.83. The molecule has 4 rings (SSSR count). The van der Waals surface area contributed by atoms with Gasteiger partial charge in [0.1, 0.15) is 5.82 Å². The molecule has 0 unspecified atom stereocenters. The number of halogens is 3. The number of morpholine rings is 1. The maximum atomic E-state index is 12.9. The number of anilines is 3. The van der Waals surface area contributed by atoms with Gasteiger partial charge in [-0.3, -0.25) is 0 Å². The average Bonchev–Trinajstić information content (AvgIpc) is 3.13.